The molecule has 0 aliphatic heterocycles. The van der Waals surface area contributed by atoms with Crippen LogP contribution in [0.1, 0.15) is 19.3 Å². The van der Waals surface area contributed by atoms with Gasteiger partial charge in [-0.15, -0.1) is 0 Å². The molecule has 10 heavy (non-hydrogen) atoms. The molecular formula is C7H15NOS. The van der Waals surface area contributed by atoms with E-state index in [1.807, 2.05) is 0 Å². The third kappa shape index (κ3) is 1.47. The van der Waals surface area contributed by atoms with Gasteiger partial charge in [0.25, 0.3) is 0 Å². The first kappa shape index (κ1) is 8.37. The van der Waals surface area contributed by atoms with Gasteiger partial charge in [0.2, 0.25) is 0 Å². The van der Waals surface area contributed by atoms with Crippen molar-refractivity contribution in [1.29, 1.82) is 0 Å². The van der Waals surface area contributed by atoms with Crippen LogP contribution in [0.4, 0.5) is 0 Å². The van der Waals surface area contributed by atoms with Crippen molar-refractivity contribution in [2.24, 2.45) is 5.73 Å². The second kappa shape index (κ2) is 3.11. The molecule has 3 heteroatoms. The van der Waals surface area contributed by atoms with E-state index in [0.29, 0.717) is 6.54 Å². The number of aliphatic hydroxyl groups is 1. The van der Waals surface area contributed by atoms with Gasteiger partial charge in [-0.25, -0.2) is 0 Å². The third-order valence-electron chi connectivity index (χ3n) is 2.20. The average molecular weight is 161 g/mol. The number of thioether (sulfide) groups is 1. The number of nitrogens with two attached hydrogens (primary N) is 1. The summed E-state index contributed by atoms with van der Waals surface area (Å²) in [5.41, 5.74) is 5.34. The van der Waals surface area contributed by atoms with E-state index in [9.17, 15) is 5.11 Å². The van der Waals surface area contributed by atoms with Crippen LogP contribution < -0.4 is 5.73 Å². The first-order valence-electron chi connectivity index (χ1n) is 3.68. The molecule has 2 nitrogen and oxygen atoms in total. The highest BCUT2D eigenvalue weighted by molar-refractivity contribution is 8.00. The lowest BCUT2D eigenvalue weighted by molar-refractivity contribution is 0.157. The number of rotatable bonds is 4. The Hall–Kier alpha value is 0.270. The van der Waals surface area contributed by atoms with Crippen molar-refractivity contribution >= 4 is 11.8 Å². The summed E-state index contributed by atoms with van der Waals surface area (Å²) >= 11 is 1.78. The molecule has 1 fully saturated rings. The Balaban J connectivity index is 2.32. The van der Waals surface area contributed by atoms with Crippen LogP contribution in [0.5, 0.6) is 0 Å². The summed E-state index contributed by atoms with van der Waals surface area (Å²) in [5, 5.41) is 9.54. The van der Waals surface area contributed by atoms with Crippen molar-refractivity contribution in [3.8, 4) is 0 Å². The lowest BCUT2D eigenvalue weighted by Gasteiger charge is -2.18. The highest BCUT2D eigenvalue weighted by Gasteiger charge is 2.47. The summed E-state index contributed by atoms with van der Waals surface area (Å²) < 4.78 is 0.194. The Morgan fingerprint density at radius 2 is 2.30 bits per heavy atom. The van der Waals surface area contributed by atoms with Gasteiger partial charge >= 0.3 is 0 Å². The molecular weight excluding hydrogens is 146 g/mol. The van der Waals surface area contributed by atoms with E-state index in [2.05, 4.69) is 6.26 Å². The minimum absolute atomic E-state index is 0.174. The highest BCUT2D eigenvalue weighted by Crippen LogP contribution is 2.50. The van der Waals surface area contributed by atoms with E-state index in [1.54, 1.807) is 11.8 Å². The van der Waals surface area contributed by atoms with E-state index < -0.39 is 0 Å². The molecule has 1 rings (SSSR count). The lowest BCUT2D eigenvalue weighted by Crippen LogP contribution is -2.27. The molecule has 0 aromatic heterocycles. The fourth-order valence-corrected chi connectivity index (χ4v) is 2.12. The first-order valence-corrected chi connectivity index (χ1v) is 4.91. The van der Waals surface area contributed by atoms with Crippen LogP contribution in [-0.4, -0.2) is 28.8 Å². The minimum atomic E-state index is -0.174. The van der Waals surface area contributed by atoms with Crippen molar-refractivity contribution in [1.82, 2.24) is 0 Å². The number of aliphatic hydroxyl groups excluding tert-OH is 1. The van der Waals surface area contributed by atoms with Crippen LogP contribution in [0.2, 0.25) is 0 Å². The molecule has 0 heterocycles. The molecule has 60 valence electrons. The Morgan fingerprint density at radius 1 is 1.70 bits per heavy atom. The van der Waals surface area contributed by atoms with Crippen molar-refractivity contribution < 1.29 is 5.11 Å². The molecule has 1 atom stereocenters. The highest BCUT2D eigenvalue weighted by atomic mass is 32.2. The van der Waals surface area contributed by atoms with Crippen molar-refractivity contribution in [2.75, 3.05) is 12.8 Å². The first-order chi connectivity index (χ1) is 4.75. The zero-order chi connectivity index (χ0) is 7.61. The van der Waals surface area contributed by atoms with Crippen molar-refractivity contribution in [3.63, 3.8) is 0 Å². The van der Waals surface area contributed by atoms with Gasteiger partial charge in [-0.3, -0.25) is 0 Å². The normalized spacial score (nSPS) is 24.3. The maximum Gasteiger partial charge on any atom is 0.0698 e. The molecule has 1 saturated carbocycles. The van der Waals surface area contributed by atoms with Gasteiger partial charge in [-0.05, 0) is 32.1 Å². The average Bonchev–Trinajstić information content (AvgIpc) is 2.68. The predicted molar refractivity (Wildman–Crippen MR) is 45.2 cm³/mol. The summed E-state index contributed by atoms with van der Waals surface area (Å²) in [5.74, 6) is 0. The molecule has 3 N–H and O–H groups in total. The Kier molecular flexibility index (Phi) is 2.61. The molecule has 1 unspecified atom stereocenters. The van der Waals surface area contributed by atoms with Crippen LogP contribution in [-0.2, 0) is 0 Å². The summed E-state index contributed by atoms with van der Waals surface area (Å²) in [4.78, 5) is 0. The van der Waals surface area contributed by atoms with E-state index in [1.165, 1.54) is 0 Å². The van der Waals surface area contributed by atoms with E-state index in [0.717, 1.165) is 19.3 Å². The molecule has 0 saturated heterocycles. The molecule has 1 aliphatic rings. The fraction of sp³-hybridized carbons (Fsp3) is 1.00. The van der Waals surface area contributed by atoms with Crippen LogP contribution in [0.3, 0.4) is 0 Å². The third-order valence-corrected chi connectivity index (χ3v) is 3.69. The van der Waals surface area contributed by atoms with E-state index in [-0.39, 0.29) is 10.9 Å². The van der Waals surface area contributed by atoms with Gasteiger partial charge in [-0.2, -0.15) is 11.8 Å². The summed E-state index contributed by atoms with van der Waals surface area (Å²) in [6, 6.07) is 0. The lowest BCUT2D eigenvalue weighted by atomic mass is 10.1. The SMILES string of the molecule is CSC1(C(O)CCN)CC1. The smallest absolute Gasteiger partial charge is 0.0698 e. The van der Waals surface area contributed by atoms with Gasteiger partial charge in [0.05, 0.1) is 6.10 Å². The van der Waals surface area contributed by atoms with E-state index in [4.69, 9.17) is 5.73 Å². The Labute approximate surface area is 66.2 Å². The Morgan fingerprint density at radius 3 is 2.60 bits per heavy atom. The number of hydrogen-bond donors (Lipinski definition) is 2. The summed E-state index contributed by atoms with van der Waals surface area (Å²) in [6.45, 7) is 0.601. The largest absolute Gasteiger partial charge is 0.392 e. The molecule has 0 bridgehead atoms. The standard InChI is InChI=1S/C7H15NOS/c1-10-7(3-4-7)6(9)2-5-8/h6,9H,2-5,8H2,1H3. The van der Waals surface area contributed by atoms with E-state index >= 15 is 0 Å². The molecule has 0 radical (unpaired) electrons. The molecule has 0 aromatic carbocycles. The predicted octanol–water partition coefficient (Wildman–Crippen LogP) is 0.592. The van der Waals surface area contributed by atoms with Crippen molar-refractivity contribution in [2.45, 2.75) is 30.1 Å². The zero-order valence-corrected chi connectivity index (χ0v) is 7.16. The number of hydrogen-bond acceptors (Lipinski definition) is 3. The second-order valence-corrected chi connectivity index (χ2v) is 4.08. The summed E-state index contributed by atoms with van der Waals surface area (Å²) in [7, 11) is 0. The van der Waals surface area contributed by atoms with Crippen LogP contribution >= 0.6 is 11.8 Å². The monoisotopic (exact) mass is 161 g/mol. The maximum atomic E-state index is 9.54. The molecule has 0 spiro atoms. The molecule has 0 aromatic rings. The molecule has 1 aliphatic carbocycles. The van der Waals surface area contributed by atoms with Gasteiger partial charge in [-0.1, -0.05) is 0 Å². The van der Waals surface area contributed by atoms with Gasteiger partial charge in [0.1, 0.15) is 0 Å². The van der Waals surface area contributed by atoms with Crippen LogP contribution in [0.25, 0.3) is 0 Å². The van der Waals surface area contributed by atoms with Gasteiger partial charge < -0.3 is 10.8 Å². The molecule has 0 amide bonds. The fourth-order valence-electron chi connectivity index (χ4n) is 1.22. The van der Waals surface area contributed by atoms with Gasteiger partial charge in [0, 0.05) is 4.75 Å². The second-order valence-electron chi connectivity index (χ2n) is 2.86. The maximum absolute atomic E-state index is 9.54. The minimum Gasteiger partial charge on any atom is -0.392 e. The van der Waals surface area contributed by atoms with Crippen molar-refractivity contribution in [3.05, 3.63) is 0 Å². The van der Waals surface area contributed by atoms with Crippen LogP contribution in [0.15, 0.2) is 0 Å². The topological polar surface area (TPSA) is 46.2 Å². The summed E-state index contributed by atoms with van der Waals surface area (Å²) in [6.07, 6.45) is 4.96. The Bertz CT molecular complexity index is 114. The van der Waals surface area contributed by atoms with Crippen LogP contribution in [0, 0.1) is 0 Å². The quantitative estimate of drug-likeness (QED) is 0.634. The van der Waals surface area contributed by atoms with Gasteiger partial charge in [0.15, 0.2) is 0 Å². The zero-order valence-electron chi connectivity index (χ0n) is 6.34.